The molecule has 1 N–H and O–H groups in total. The summed E-state index contributed by atoms with van der Waals surface area (Å²) < 4.78 is 5.77. The Morgan fingerprint density at radius 1 is 1.24 bits per heavy atom. The van der Waals surface area contributed by atoms with Gasteiger partial charge in [-0.15, -0.1) is 0 Å². The second-order valence-electron chi connectivity index (χ2n) is 6.50. The van der Waals surface area contributed by atoms with Crippen LogP contribution in [-0.2, 0) is 22.6 Å². The maximum absolute atomic E-state index is 12.2. The largest absolute Gasteiger partial charge is 0.375 e. The maximum Gasteiger partial charge on any atom is 0.222 e. The van der Waals surface area contributed by atoms with Crippen LogP contribution in [0.4, 0.5) is 0 Å². The van der Waals surface area contributed by atoms with Crippen LogP contribution in [0.3, 0.4) is 0 Å². The van der Waals surface area contributed by atoms with E-state index in [1.807, 2.05) is 25.1 Å². The van der Waals surface area contributed by atoms with Gasteiger partial charge in [-0.25, -0.2) is 0 Å². The number of hydrogen-bond donors (Lipinski definition) is 1. The molecule has 3 rings (SSSR count). The van der Waals surface area contributed by atoms with Crippen LogP contribution in [0.1, 0.15) is 23.2 Å². The van der Waals surface area contributed by atoms with Crippen molar-refractivity contribution in [1.29, 1.82) is 0 Å². The zero-order chi connectivity index (χ0) is 17.5. The molecule has 1 aromatic heterocycles. The van der Waals surface area contributed by atoms with Crippen molar-refractivity contribution in [2.24, 2.45) is 0 Å². The smallest absolute Gasteiger partial charge is 0.222 e. The monoisotopic (exact) mass is 339 g/mol. The summed E-state index contributed by atoms with van der Waals surface area (Å²) in [5.74, 6) is 0.0205. The first-order valence-electron chi connectivity index (χ1n) is 8.75. The van der Waals surface area contributed by atoms with E-state index < -0.39 is 0 Å². The molecule has 1 fully saturated rings. The lowest BCUT2D eigenvalue weighted by Gasteiger charge is -2.32. The molecule has 0 radical (unpaired) electrons. The average Bonchev–Trinajstić information content (AvgIpc) is 2.62. The SMILES string of the molecule is Cc1ccc(CNC(=O)C[C@@H]2CN(Cc3ccccc3)CCO2)cn1. The number of carbonyl (C=O) groups is 1. The summed E-state index contributed by atoms with van der Waals surface area (Å²) in [6.45, 7) is 5.72. The molecule has 0 unspecified atom stereocenters. The van der Waals surface area contributed by atoms with Gasteiger partial charge in [0.2, 0.25) is 5.91 Å². The van der Waals surface area contributed by atoms with Gasteiger partial charge in [0, 0.05) is 38.1 Å². The summed E-state index contributed by atoms with van der Waals surface area (Å²) in [6.07, 6.45) is 2.15. The molecule has 2 heterocycles. The molecule has 0 saturated carbocycles. The quantitative estimate of drug-likeness (QED) is 0.877. The lowest BCUT2D eigenvalue weighted by molar-refractivity contribution is -0.126. The number of nitrogens with zero attached hydrogens (tertiary/aromatic N) is 2. The Hall–Kier alpha value is -2.24. The van der Waals surface area contributed by atoms with Crippen molar-refractivity contribution in [3.63, 3.8) is 0 Å². The third-order valence-electron chi connectivity index (χ3n) is 4.35. The highest BCUT2D eigenvalue weighted by atomic mass is 16.5. The molecule has 5 heteroatoms. The molecule has 0 spiro atoms. The van der Waals surface area contributed by atoms with Crippen LogP contribution in [0.5, 0.6) is 0 Å². The summed E-state index contributed by atoms with van der Waals surface area (Å²) in [4.78, 5) is 18.8. The first kappa shape index (κ1) is 17.6. The van der Waals surface area contributed by atoms with Crippen molar-refractivity contribution in [2.75, 3.05) is 19.7 Å². The first-order valence-corrected chi connectivity index (χ1v) is 8.75. The molecule has 1 atom stereocenters. The van der Waals surface area contributed by atoms with Gasteiger partial charge in [-0.1, -0.05) is 36.4 Å². The van der Waals surface area contributed by atoms with Crippen molar-refractivity contribution in [3.8, 4) is 0 Å². The second kappa shape index (κ2) is 8.74. The van der Waals surface area contributed by atoms with Crippen LogP contribution >= 0.6 is 0 Å². The standard InChI is InChI=1S/C20H25N3O2/c1-16-7-8-18(12-21-16)13-22-20(24)11-19-15-23(9-10-25-19)14-17-5-3-2-4-6-17/h2-8,12,19H,9-11,13-15H2,1H3,(H,22,24)/t19-/m1/s1. The molecule has 0 bridgehead atoms. The van der Waals surface area contributed by atoms with E-state index in [1.54, 1.807) is 6.20 Å². The van der Waals surface area contributed by atoms with Crippen LogP contribution in [0.2, 0.25) is 0 Å². The highest BCUT2D eigenvalue weighted by Crippen LogP contribution is 2.12. The van der Waals surface area contributed by atoms with Gasteiger partial charge in [0.25, 0.3) is 0 Å². The molecule has 0 aliphatic carbocycles. The van der Waals surface area contributed by atoms with Crippen molar-refractivity contribution < 1.29 is 9.53 Å². The van der Waals surface area contributed by atoms with E-state index in [4.69, 9.17) is 4.74 Å². The molecule has 1 aliphatic rings. The molecule has 25 heavy (non-hydrogen) atoms. The van der Waals surface area contributed by atoms with Crippen molar-refractivity contribution in [1.82, 2.24) is 15.2 Å². The normalized spacial score (nSPS) is 18.0. The number of amides is 1. The number of rotatable bonds is 6. The second-order valence-corrected chi connectivity index (χ2v) is 6.50. The first-order chi connectivity index (χ1) is 12.2. The zero-order valence-electron chi connectivity index (χ0n) is 14.6. The van der Waals surface area contributed by atoms with E-state index in [1.165, 1.54) is 5.56 Å². The lowest BCUT2D eigenvalue weighted by Crippen LogP contribution is -2.44. The van der Waals surface area contributed by atoms with E-state index in [0.717, 1.165) is 30.9 Å². The molecule has 132 valence electrons. The summed E-state index contributed by atoms with van der Waals surface area (Å²) in [5.41, 5.74) is 3.28. The van der Waals surface area contributed by atoms with Crippen molar-refractivity contribution in [3.05, 3.63) is 65.5 Å². The topological polar surface area (TPSA) is 54.5 Å². The lowest BCUT2D eigenvalue weighted by atomic mass is 10.1. The van der Waals surface area contributed by atoms with Gasteiger partial charge in [0.1, 0.15) is 0 Å². The van der Waals surface area contributed by atoms with Gasteiger partial charge in [-0.05, 0) is 24.1 Å². The number of aryl methyl sites for hydroxylation is 1. The van der Waals surface area contributed by atoms with Crippen LogP contribution in [0, 0.1) is 6.92 Å². The molecule has 2 aromatic rings. The Kier molecular flexibility index (Phi) is 6.14. The molecular formula is C20H25N3O2. The van der Waals surface area contributed by atoms with E-state index in [0.29, 0.717) is 19.6 Å². The third kappa shape index (κ3) is 5.66. The van der Waals surface area contributed by atoms with Gasteiger partial charge in [0.05, 0.1) is 19.1 Å². The Morgan fingerprint density at radius 2 is 2.08 bits per heavy atom. The number of hydrogen-bond acceptors (Lipinski definition) is 4. The summed E-state index contributed by atoms with van der Waals surface area (Å²) in [7, 11) is 0. The predicted octanol–water partition coefficient (Wildman–Crippen LogP) is 2.30. The minimum Gasteiger partial charge on any atom is -0.375 e. The minimum atomic E-state index is -0.0476. The van der Waals surface area contributed by atoms with Crippen LogP contribution in [-0.4, -0.2) is 41.6 Å². The number of aromatic nitrogens is 1. The molecule has 1 aliphatic heterocycles. The minimum absolute atomic E-state index is 0.0205. The fourth-order valence-electron chi connectivity index (χ4n) is 2.97. The van der Waals surface area contributed by atoms with Gasteiger partial charge in [-0.3, -0.25) is 14.7 Å². The Labute approximate surface area is 149 Å². The number of nitrogens with one attached hydrogen (secondary N) is 1. The van der Waals surface area contributed by atoms with Crippen molar-refractivity contribution in [2.45, 2.75) is 32.5 Å². The predicted molar refractivity (Wildman–Crippen MR) is 96.9 cm³/mol. The Morgan fingerprint density at radius 3 is 2.84 bits per heavy atom. The number of benzene rings is 1. The molecule has 1 aromatic carbocycles. The fourth-order valence-corrected chi connectivity index (χ4v) is 2.97. The van der Waals surface area contributed by atoms with Gasteiger partial charge in [-0.2, -0.15) is 0 Å². The maximum atomic E-state index is 12.2. The highest BCUT2D eigenvalue weighted by Gasteiger charge is 2.22. The summed E-state index contributed by atoms with van der Waals surface area (Å²) >= 11 is 0. The zero-order valence-corrected chi connectivity index (χ0v) is 14.6. The Bertz CT molecular complexity index is 673. The van der Waals surface area contributed by atoms with Gasteiger partial charge < -0.3 is 10.1 Å². The van der Waals surface area contributed by atoms with E-state index in [2.05, 4.69) is 39.5 Å². The van der Waals surface area contributed by atoms with E-state index in [-0.39, 0.29) is 12.0 Å². The number of pyridine rings is 1. The Balaban J connectivity index is 1.43. The third-order valence-corrected chi connectivity index (χ3v) is 4.35. The highest BCUT2D eigenvalue weighted by molar-refractivity contribution is 5.76. The van der Waals surface area contributed by atoms with Crippen LogP contribution in [0.25, 0.3) is 0 Å². The van der Waals surface area contributed by atoms with E-state index >= 15 is 0 Å². The van der Waals surface area contributed by atoms with Gasteiger partial charge in [0.15, 0.2) is 0 Å². The van der Waals surface area contributed by atoms with Crippen LogP contribution < -0.4 is 5.32 Å². The summed E-state index contributed by atoms with van der Waals surface area (Å²) in [6, 6.07) is 14.3. The van der Waals surface area contributed by atoms with Gasteiger partial charge >= 0.3 is 0 Å². The van der Waals surface area contributed by atoms with E-state index in [9.17, 15) is 4.79 Å². The molecule has 1 saturated heterocycles. The summed E-state index contributed by atoms with van der Waals surface area (Å²) in [5, 5.41) is 2.95. The molecular weight excluding hydrogens is 314 g/mol. The number of carbonyl (C=O) groups excluding carboxylic acids is 1. The average molecular weight is 339 g/mol. The fraction of sp³-hybridized carbons (Fsp3) is 0.400. The number of morpholine rings is 1. The molecule has 5 nitrogen and oxygen atoms in total. The number of ether oxygens (including phenoxy) is 1. The van der Waals surface area contributed by atoms with Crippen LogP contribution in [0.15, 0.2) is 48.7 Å². The molecule has 1 amide bonds. The van der Waals surface area contributed by atoms with Crippen molar-refractivity contribution >= 4 is 5.91 Å².